The van der Waals surface area contributed by atoms with Crippen molar-refractivity contribution in [2.45, 2.75) is 19.9 Å². The van der Waals surface area contributed by atoms with Crippen molar-refractivity contribution < 1.29 is 14.8 Å². The van der Waals surface area contributed by atoms with Crippen LogP contribution >= 0.6 is 0 Å². The maximum Gasteiger partial charge on any atom is 0.344 e. The van der Waals surface area contributed by atoms with E-state index in [1.54, 1.807) is 13.8 Å². The predicted octanol–water partition coefficient (Wildman–Crippen LogP) is 0.869. The molecular weight excluding hydrogens is 216 g/mol. The molecule has 0 fully saturated rings. The van der Waals surface area contributed by atoms with Crippen LogP contribution in [0, 0.1) is 10.1 Å². The molecule has 16 heavy (non-hydrogen) atoms. The van der Waals surface area contributed by atoms with E-state index < -0.39 is 10.9 Å². The quantitative estimate of drug-likeness (QED) is 0.571. The van der Waals surface area contributed by atoms with Gasteiger partial charge >= 0.3 is 11.8 Å². The Morgan fingerprint density at radius 1 is 1.75 bits per heavy atom. The summed E-state index contributed by atoms with van der Waals surface area (Å²) in [5, 5.41) is 21.7. The van der Waals surface area contributed by atoms with Crippen LogP contribution in [-0.2, 0) is 4.79 Å². The molecule has 0 amide bonds. The molecule has 0 atom stereocenters. The van der Waals surface area contributed by atoms with Crippen LogP contribution in [0.25, 0.3) is 0 Å². The molecule has 8 heteroatoms. The summed E-state index contributed by atoms with van der Waals surface area (Å²) in [6.07, 6.45) is 1.10. The van der Waals surface area contributed by atoms with Crippen molar-refractivity contribution in [3.63, 3.8) is 0 Å². The zero-order chi connectivity index (χ0) is 12.3. The van der Waals surface area contributed by atoms with E-state index in [0.29, 0.717) is 0 Å². The first-order valence-electron chi connectivity index (χ1n) is 4.60. The molecule has 1 aromatic rings. The van der Waals surface area contributed by atoms with Crippen molar-refractivity contribution >= 4 is 17.7 Å². The van der Waals surface area contributed by atoms with Gasteiger partial charge in [0.1, 0.15) is 12.7 Å². The lowest BCUT2D eigenvalue weighted by Crippen LogP contribution is -2.17. The van der Waals surface area contributed by atoms with Crippen LogP contribution in [0.15, 0.2) is 6.20 Å². The summed E-state index contributed by atoms with van der Waals surface area (Å²) in [7, 11) is 0. The molecular formula is C8H12N4O4. The second-order valence-corrected chi connectivity index (χ2v) is 3.41. The smallest absolute Gasteiger partial charge is 0.344 e. The van der Waals surface area contributed by atoms with Gasteiger partial charge in [0.05, 0.1) is 6.04 Å². The molecule has 1 heterocycles. The van der Waals surface area contributed by atoms with Gasteiger partial charge in [0.2, 0.25) is 0 Å². The molecule has 0 unspecified atom stereocenters. The number of rotatable bonds is 5. The van der Waals surface area contributed by atoms with Gasteiger partial charge in [0.25, 0.3) is 5.95 Å². The summed E-state index contributed by atoms with van der Waals surface area (Å²) in [4.78, 5) is 24.3. The largest absolute Gasteiger partial charge is 0.480 e. The topological polar surface area (TPSA) is 110 Å². The van der Waals surface area contributed by atoms with E-state index in [1.165, 1.54) is 4.57 Å². The van der Waals surface area contributed by atoms with Gasteiger partial charge in [-0.05, 0) is 18.8 Å². The molecule has 0 aliphatic rings. The lowest BCUT2D eigenvalue weighted by atomic mass is 10.4. The molecule has 0 spiro atoms. The number of nitrogens with one attached hydrogen (secondary N) is 1. The maximum absolute atomic E-state index is 10.7. The Hall–Kier alpha value is -2.12. The molecule has 0 aliphatic carbocycles. The van der Waals surface area contributed by atoms with E-state index in [0.717, 1.165) is 6.20 Å². The highest BCUT2D eigenvalue weighted by molar-refractivity contribution is 5.72. The fourth-order valence-corrected chi connectivity index (χ4v) is 1.28. The number of aliphatic carboxylic acids is 1. The van der Waals surface area contributed by atoms with Crippen LogP contribution in [0.3, 0.4) is 0 Å². The average Bonchev–Trinajstić information content (AvgIpc) is 2.57. The molecule has 0 aromatic carbocycles. The van der Waals surface area contributed by atoms with Crippen molar-refractivity contribution in [2.24, 2.45) is 0 Å². The third-order valence-electron chi connectivity index (χ3n) is 1.88. The maximum atomic E-state index is 10.7. The van der Waals surface area contributed by atoms with E-state index in [9.17, 15) is 14.9 Å². The summed E-state index contributed by atoms with van der Waals surface area (Å²) in [5.41, 5.74) is 0. The molecule has 1 aromatic heterocycles. The van der Waals surface area contributed by atoms with E-state index in [1.807, 2.05) is 0 Å². The first kappa shape index (κ1) is 12.0. The number of nitrogens with zero attached hydrogens (tertiary/aromatic N) is 3. The van der Waals surface area contributed by atoms with Crippen molar-refractivity contribution in [1.29, 1.82) is 0 Å². The molecule has 0 bridgehead atoms. The molecule has 8 nitrogen and oxygen atoms in total. The van der Waals surface area contributed by atoms with Gasteiger partial charge in [-0.3, -0.25) is 4.79 Å². The molecule has 88 valence electrons. The minimum Gasteiger partial charge on any atom is -0.480 e. The first-order chi connectivity index (χ1) is 7.43. The Bertz CT molecular complexity index is 412. The lowest BCUT2D eigenvalue weighted by molar-refractivity contribution is -0.392. The molecule has 0 saturated carbocycles. The third kappa shape index (κ3) is 2.47. The Kier molecular flexibility index (Phi) is 3.44. The molecule has 0 radical (unpaired) electrons. The zero-order valence-electron chi connectivity index (χ0n) is 8.88. The van der Waals surface area contributed by atoms with Crippen molar-refractivity contribution in [3.05, 3.63) is 16.3 Å². The van der Waals surface area contributed by atoms with E-state index in [4.69, 9.17) is 5.11 Å². The van der Waals surface area contributed by atoms with Crippen molar-refractivity contribution in [1.82, 2.24) is 9.55 Å². The average molecular weight is 228 g/mol. The Morgan fingerprint density at radius 3 is 2.81 bits per heavy atom. The Labute approximate surface area is 91.1 Å². The summed E-state index contributed by atoms with van der Waals surface area (Å²) in [6, 6.07) is -0.181. The molecule has 1 rings (SSSR count). The number of imidazole rings is 1. The van der Waals surface area contributed by atoms with Crippen LogP contribution in [0.4, 0.5) is 11.8 Å². The van der Waals surface area contributed by atoms with Crippen LogP contribution in [-0.4, -0.2) is 32.1 Å². The highest BCUT2D eigenvalue weighted by atomic mass is 16.6. The van der Waals surface area contributed by atoms with Crippen LogP contribution in [0.1, 0.15) is 19.9 Å². The van der Waals surface area contributed by atoms with Gasteiger partial charge in [-0.1, -0.05) is 0 Å². The highest BCUT2D eigenvalue weighted by Gasteiger charge is 2.22. The van der Waals surface area contributed by atoms with E-state index >= 15 is 0 Å². The summed E-state index contributed by atoms with van der Waals surface area (Å²) in [5.74, 6) is -1.03. The van der Waals surface area contributed by atoms with Gasteiger partial charge in [0, 0.05) is 0 Å². The van der Waals surface area contributed by atoms with Gasteiger partial charge in [-0.25, -0.2) is 0 Å². The number of carbonyl (C=O) groups is 1. The van der Waals surface area contributed by atoms with Crippen LogP contribution in [0.5, 0.6) is 0 Å². The van der Waals surface area contributed by atoms with Crippen LogP contribution in [0.2, 0.25) is 0 Å². The number of anilines is 1. The third-order valence-corrected chi connectivity index (χ3v) is 1.88. The monoisotopic (exact) mass is 228 g/mol. The van der Waals surface area contributed by atoms with E-state index in [-0.39, 0.29) is 24.4 Å². The summed E-state index contributed by atoms with van der Waals surface area (Å²) >= 11 is 0. The minimum atomic E-state index is -1.05. The minimum absolute atomic E-state index is 0.164. The van der Waals surface area contributed by atoms with Gasteiger partial charge in [0.15, 0.2) is 0 Å². The highest BCUT2D eigenvalue weighted by Crippen LogP contribution is 2.23. The van der Waals surface area contributed by atoms with Crippen molar-refractivity contribution in [3.8, 4) is 0 Å². The number of carboxylic acids is 1. The normalized spacial score (nSPS) is 10.4. The SMILES string of the molecule is CC(C)n1c([N+](=O)[O-])cnc1NCC(=O)O. The number of carboxylic acid groups (broad SMARTS) is 1. The Morgan fingerprint density at radius 2 is 2.38 bits per heavy atom. The molecule has 2 N–H and O–H groups in total. The lowest BCUT2D eigenvalue weighted by Gasteiger charge is -2.07. The second kappa shape index (κ2) is 4.60. The number of hydrogen-bond donors (Lipinski definition) is 2. The molecule has 0 saturated heterocycles. The van der Waals surface area contributed by atoms with Crippen molar-refractivity contribution in [2.75, 3.05) is 11.9 Å². The van der Waals surface area contributed by atoms with Gasteiger partial charge in [-0.15, -0.1) is 0 Å². The number of hydrogen-bond acceptors (Lipinski definition) is 5. The van der Waals surface area contributed by atoms with Gasteiger partial charge < -0.3 is 20.5 Å². The summed E-state index contributed by atoms with van der Waals surface area (Å²) in [6.45, 7) is 3.17. The second-order valence-electron chi connectivity index (χ2n) is 3.41. The summed E-state index contributed by atoms with van der Waals surface area (Å²) < 4.78 is 1.34. The fraction of sp³-hybridized carbons (Fsp3) is 0.500. The number of aromatic nitrogens is 2. The van der Waals surface area contributed by atoms with Crippen LogP contribution < -0.4 is 5.32 Å². The standard InChI is InChI=1S/C8H12N4O4/c1-5(2)11-6(12(15)16)3-9-8(11)10-4-7(13)14/h3,5H,4H2,1-2H3,(H,9,10)(H,13,14). The number of nitro groups is 1. The molecule has 0 aliphatic heterocycles. The van der Waals surface area contributed by atoms with E-state index in [2.05, 4.69) is 10.3 Å². The zero-order valence-corrected chi connectivity index (χ0v) is 8.88. The first-order valence-corrected chi connectivity index (χ1v) is 4.60. The fourth-order valence-electron chi connectivity index (χ4n) is 1.28. The van der Waals surface area contributed by atoms with Gasteiger partial charge in [-0.2, -0.15) is 9.55 Å². The Balaban J connectivity index is 3.00. The predicted molar refractivity (Wildman–Crippen MR) is 55.4 cm³/mol.